The lowest BCUT2D eigenvalue weighted by atomic mass is 10.2. The molecule has 0 atom stereocenters. The summed E-state index contributed by atoms with van der Waals surface area (Å²) >= 11 is 0. The number of piperazine rings is 1. The third-order valence-corrected chi connectivity index (χ3v) is 5.95. The number of anilines is 1. The SMILES string of the molecule is CCCc1nc(CCC(=O)N2CCN(c3ccccc3)CC2)n(-c2ccc(C(F)(F)F)cc2)n1. The predicted octanol–water partition coefficient (Wildman–Crippen LogP) is 4.52. The summed E-state index contributed by atoms with van der Waals surface area (Å²) in [6, 6.07) is 15.0. The Balaban J connectivity index is 1.41. The van der Waals surface area contributed by atoms with Gasteiger partial charge in [-0.15, -0.1) is 0 Å². The Morgan fingerprint density at radius 1 is 0.912 bits per heavy atom. The zero-order valence-corrected chi connectivity index (χ0v) is 19.1. The van der Waals surface area contributed by atoms with Crippen molar-refractivity contribution in [3.05, 3.63) is 71.8 Å². The molecule has 0 aliphatic carbocycles. The molecule has 0 unspecified atom stereocenters. The Kier molecular flexibility index (Phi) is 7.19. The van der Waals surface area contributed by atoms with Crippen molar-refractivity contribution in [3.63, 3.8) is 0 Å². The quantitative estimate of drug-likeness (QED) is 0.509. The van der Waals surface area contributed by atoms with Crippen LogP contribution in [0.15, 0.2) is 54.6 Å². The molecule has 1 amide bonds. The first-order valence-corrected chi connectivity index (χ1v) is 11.6. The van der Waals surface area contributed by atoms with Crippen molar-refractivity contribution in [1.29, 1.82) is 0 Å². The second-order valence-electron chi connectivity index (χ2n) is 8.35. The molecule has 0 N–H and O–H groups in total. The molecule has 0 radical (unpaired) electrons. The number of nitrogens with zero attached hydrogens (tertiary/aromatic N) is 5. The van der Waals surface area contributed by atoms with Crippen molar-refractivity contribution in [2.75, 3.05) is 31.1 Å². The lowest BCUT2D eigenvalue weighted by molar-refractivity contribution is -0.137. The summed E-state index contributed by atoms with van der Waals surface area (Å²) in [7, 11) is 0. The van der Waals surface area contributed by atoms with Gasteiger partial charge in [-0.1, -0.05) is 25.1 Å². The number of hydrogen-bond donors (Lipinski definition) is 0. The summed E-state index contributed by atoms with van der Waals surface area (Å²) in [5.41, 5.74) is 0.945. The zero-order chi connectivity index (χ0) is 24.1. The molecule has 4 rings (SSSR count). The number of carbonyl (C=O) groups excluding carboxylic acids is 1. The van der Waals surface area contributed by atoms with E-state index in [1.54, 1.807) is 4.68 Å². The fourth-order valence-corrected chi connectivity index (χ4v) is 4.11. The molecule has 9 heteroatoms. The summed E-state index contributed by atoms with van der Waals surface area (Å²) in [5, 5.41) is 4.49. The number of para-hydroxylation sites is 1. The molecule has 180 valence electrons. The normalized spacial score (nSPS) is 14.5. The molecule has 2 aromatic carbocycles. The van der Waals surface area contributed by atoms with Gasteiger partial charge in [0, 0.05) is 51.1 Å². The molecule has 6 nitrogen and oxygen atoms in total. The van der Waals surface area contributed by atoms with Crippen LogP contribution in [0.2, 0.25) is 0 Å². The Morgan fingerprint density at radius 3 is 2.21 bits per heavy atom. The van der Waals surface area contributed by atoms with E-state index in [0.717, 1.165) is 37.3 Å². The Morgan fingerprint density at radius 2 is 1.59 bits per heavy atom. The topological polar surface area (TPSA) is 54.3 Å². The fourth-order valence-electron chi connectivity index (χ4n) is 4.11. The number of aryl methyl sites for hydroxylation is 2. The Hall–Kier alpha value is -3.36. The molecule has 0 bridgehead atoms. The molecule has 1 saturated heterocycles. The number of rotatable bonds is 7. The van der Waals surface area contributed by atoms with E-state index >= 15 is 0 Å². The third-order valence-electron chi connectivity index (χ3n) is 5.95. The smallest absolute Gasteiger partial charge is 0.368 e. The highest BCUT2D eigenvalue weighted by atomic mass is 19.4. The highest BCUT2D eigenvalue weighted by Gasteiger charge is 2.30. The van der Waals surface area contributed by atoms with Gasteiger partial charge in [0.15, 0.2) is 5.82 Å². The van der Waals surface area contributed by atoms with Crippen LogP contribution in [0.5, 0.6) is 0 Å². The van der Waals surface area contributed by atoms with Gasteiger partial charge in [0.2, 0.25) is 5.91 Å². The van der Waals surface area contributed by atoms with E-state index < -0.39 is 11.7 Å². The van der Waals surface area contributed by atoms with Crippen molar-refractivity contribution in [3.8, 4) is 5.69 Å². The average molecular weight is 472 g/mol. The highest BCUT2D eigenvalue weighted by Crippen LogP contribution is 2.29. The van der Waals surface area contributed by atoms with Crippen molar-refractivity contribution in [2.24, 2.45) is 0 Å². The Labute approximate surface area is 197 Å². The van der Waals surface area contributed by atoms with Crippen LogP contribution >= 0.6 is 0 Å². The van der Waals surface area contributed by atoms with Crippen LogP contribution in [-0.4, -0.2) is 51.8 Å². The number of aromatic nitrogens is 3. The van der Waals surface area contributed by atoms with Gasteiger partial charge >= 0.3 is 6.18 Å². The van der Waals surface area contributed by atoms with Crippen LogP contribution in [0.3, 0.4) is 0 Å². The molecule has 3 aromatic rings. The zero-order valence-electron chi connectivity index (χ0n) is 19.1. The fraction of sp³-hybridized carbons (Fsp3) is 0.400. The maximum atomic E-state index is 12.9. The van der Waals surface area contributed by atoms with Gasteiger partial charge in [-0.2, -0.15) is 18.3 Å². The second kappa shape index (κ2) is 10.3. The van der Waals surface area contributed by atoms with Gasteiger partial charge in [-0.3, -0.25) is 4.79 Å². The number of amides is 1. The minimum absolute atomic E-state index is 0.0479. The van der Waals surface area contributed by atoms with E-state index in [4.69, 9.17) is 0 Å². The molecular formula is C25H28F3N5O. The van der Waals surface area contributed by atoms with E-state index in [9.17, 15) is 18.0 Å². The minimum Gasteiger partial charge on any atom is -0.368 e. The molecule has 1 aromatic heterocycles. The summed E-state index contributed by atoms with van der Waals surface area (Å²) < 4.78 is 40.4. The number of hydrogen-bond acceptors (Lipinski definition) is 4. The molecule has 1 aliphatic rings. The van der Waals surface area contributed by atoms with Crippen molar-refractivity contribution < 1.29 is 18.0 Å². The van der Waals surface area contributed by atoms with E-state index in [2.05, 4.69) is 27.1 Å². The van der Waals surface area contributed by atoms with Crippen molar-refractivity contribution in [1.82, 2.24) is 19.7 Å². The second-order valence-corrected chi connectivity index (χ2v) is 8.35. The van der Waals surface area contributed by atoms with E-state index in [1.165, 1.54) is 12.1 Å². The summed E-state index contributed by atoms with van der Waals surface area (Å²) in [6.45, 7) is 4.87. The van der Waals surface area contributed by atoms with E-state index in [0.29, 0.717) is 43.3 Å². The molecule has 1 fully saturated rings. The predicted molar refractivity (Wildman–Crippen MR) is 124 cm³/mol. The first kappa shape index (κ1) is 23.8. The first-order chi connectivity index (χ1) is 16.3. The van der Waals surface area contributed by atoms with Crippen molar-refractivity contribution >= 4 is 11.6 Å². The molecule has 2 heterocycles. The molecular weight excluding hydrogens is 443 g/mol. The first-order valence-electron chi connectivity index (χ1n) is 11.6. The van der Waals surface area contributed by atoms with Crippen LogP contribution in [0.25, 0.3) is 5.69 Å². The Bertz CT molecular complexity index is 1090. The maximum Gasteiger partial charge on any atom is 0.416 e. The highest BCUT2D eigenvalue weighted by molar-refractivity contribution is 5.76. The van der Waals surface area contributed by atoms with E-state index in [1.807, 2.05) is 30.0 Å². The van der Waals surface area contributed by atoms with Crippen molar-refractivity contribution in [2.45, 2.75) is 38.8 Å². The van der Waals surface area contributed by atoms with Gasteiger partial charge in [-0.05, 0) is 42.8 Å². The average Bonchev–Trinajstić information content (AvgIpc) is 3.25. The summed E-state index contributed by atoms with van der Waals surface area (Å²) in [5.74, 6) is 1.26. The number of alkyl halides is 3. The standard InChI is InChI=1S/C25H28F3N5O/c1-2-6-22-29-23(33(30-22)21-11-9-19(10-12-21)25(26,27)28)13-14-24(34)32-17-15-31(16-18-32)20-7-4-3-5-8-20/h3-5,7-12H,2,6,13-18H2,1H3. The lowest BCUT2D eigenvalue weighted by Gasteiger charge is -2.36. The number of benzene rings is 2. The van der Waals surface area contributed by atoms with Crippen LogP contribution < -0.4 is 4.90 Å². The molecule has 34 heavy (non-hydrogen) atoms. The molecule has 0 saturated carbocycles. The summed E-state index contributed by atoms with van der Waals surface area (Å²) in [6.07, 6.45) is -2.24. The minimum atomic E-state index is -4.39. The van der Waals surface area contributed by atoms with Gasteiger partial charge in [0.25, 0.3) is 0 Å². The largest absolute Gasteiger partial charge is 0.416 e. The number of halogens is 3. The monoisotopic (exact) mass is 471 g/mol. The maximum absolute atomic E-state index is 12.9. The van der Waals surface area contributed by atoms with Crippen LogP contribution in [0, 0.1) is 0 Å². The molecule has 1 aliphatic heterocycles. The molecule has 0 spiro atoms. The van der Waals surface area contributed by atoms with Gasteiger partial charge < -0.3 is 9.80 Å². The van der Waals surface area contributed by atoms with Crippen LogP contribution in [-0.2, 0) is 23.8 Å². The summed E-state index contributed by atoms with van der Waals surface area (Å²) in [4.78, 5) is 21.6. The lowest BCUT2D eigenvalue weighted by Crippen LogP contribution is -2.48. The van der Waals surface area contributed by atoms with Gasteiger partial charge in [-0.25, -0.2) is 9.67 Å². The van der Waals surface area contributed by atoms with Gasteiger partial charge in [0.1, 0.15) is 5.82 Å². The number of carbonyl (C=O) groups is 1. The van der Waals surface area contributed by atoms with E-state index in [-0.39, 0.29) is 12.3 Å². The third kappa shape index (κ3) is 5.58. The van der Waals surface area contributed by atoms with Crippen LogP contribution in [0.1, 0.15) is 37.0 Å². The van der Waals surface area contributed by atoms with Crippen LogP contribution in [0.4, 0.5) is 18.9 Å². The van der Waals surface area contributed by atoms with Gasteiger partial charge in [0.05, 0.1) is 11.3 Å².